The maximum Gasteiger partial charge on any atom is 0.129 e. The monoisotopic (exact) mass is 762 g/mol. The molecule has 0 heterocycles. The second-order valence-electron chi connectivity index (χ2n) is 17.5. The summed E-state index contributed by atoms with van der Waals surface area (Å²) in [6.45, 7) is 27.1. The number of benzene rings is 4. The minimum Gasteiger partial charge on any atom is -0.127 e. The van der Waals surface area contributed by atoms with Gasteiger partial charge in [0.25, 0.3) is 0 Å². The van der Waals surface area contributed by atoms with Crippen molar-refractivity contribution >= 4 is 32.3 Å². The van der Waals surface area contributed by atoms with Crippen LogP contribution in [0.25, 0.3) is 0 Å². The Morgan fingerprint density at radius 3 is 0.537 bits per heavy atom. The van der Waals surface area contributed by atoms with Crippen LogP contribution in [0.1, 0.15) is 55.6 Å². The Balaban J connectivity index is 1.50. The minimum atomic E-state index is -1.51. The lowest BCUT2D eigenvalue weighted by molar-refractivity contribution is 1.55. The highest BCUT2D eigenvalue weighted by Gasteiger charge is 2.11. The van der Waals surface area contributed by atoms with Gasteiger partial charge < -0.3 is 0 Å². The van der Waals surface area contributed by atoms with Gasteiger partial charge >= 0.3 is 0 Å². The average Bonchev–Trinajstić information content (AvgIpc) is 3.08. The number of rotatable bonds is 0. The van der Waals surface area contributed by atoms with E-state index < -0.39 is 32.3 Å². The van der Waals surface area contributed by atoms with Crippen LogP contribution in [0.2, 0.25) is 78.6 Å². The molecule has 0 saturated carbocycles. The van der Waals surface area contributed by atoms with E-state index in [1.807, 2.05) is 48.5 Å². The number of hydrogen-bond donors (Lipinski definition) is 0. The maximum atomic E-state index is 3.48. The molecule has 0 fully saturated rings. The molecule has 4 aromatic carbocycles. The van der Waals surface area contributed by atoms with Crippen LogP contribution in [0.5, 0.6) is 0 Å². The van der Waals surface area contributed by atoms with Crippen LogP contribution < -0.4 is 0 Å². The molecular weight excluding hydrogens is 713 g/mol. The van der Waals surface area contributed by atoms with Crippen molar-refractivity contribution in [2.24, 2.45) is 0 Å². The lowest BCUT2D eigenvalue weighted by atomic mass is 10.1. The average molecular weight is 763 g/mol. The van der Waals surface area contributed by atoms with Crippen LogP contribution in [-0.2, 0) is 0 Å². The maximum absolute atomic E-state index is 3.48. The van der Waals surface area contributed by atoms with Gasteiger partial charge in [0.05, 0.1) is 0 Å². The summed E-state index contributed by atoms with van der Waals surface area (Å²) in [4.78, 5) is 0. The Morgan fingerprint density at radius 1 is 0.222 bits per heavy atom. The smallest absolute Gasteiger partial charge is 0.127 e. The molecule has 0 N–H and O–H groups in total. The first-order chi connectivity index (χ1) is 25.2. The first-order valence-corrected chi connectivity index (χ1v) is 32.4. The van der Waals surface area contributed by atoms with Crippen molar-refractivity contribution in [2.45, 2.75) is 78.6 Å². The number of hydrogen-bond acceptors (Lipinski definition) is 0. The van der Waals surface area contributed by atoms with Crippen molar-refractivity contribution in [3.05, 3.63) is 141 Å². The molecule has 0 atom stereocenters. The summed E-state index contributed by atoms with van der Waals surface area (Å²) < 4.78 is 0. The van der Waals surface area contributed by atoms with Crippen molar-refractivity contribution in [1.82, 2.24) is 0 Å². The molecule has 0 spiro atoms. The van der Waals surface area contributed by atoms with Gasteiger partial charge in [0.1, 0.15) is 32.3 Å². The molecule has 4 heteroatoms. The zero-order valence-electron chi connectivity index (χ0n) is 34.1. The molecule has 0 radical (unpaired) electrons. The summed E-state index contributed by atoms with van der Waals surface area (Å²) in [5.41, 5.74) is 23.4. The summed E-state index contributed by atoms with van der Waals surface area (Å²) in [5, 5.41) is 0. The molecule has 0 unspecified atom stereocenters. The van der Waals surface area contributed by atoms with E-state index in [2.05, 4.69) is 196 Å². The molecule has 0 nitrogen and oxygen atoms in total. The van der Waals surface area contributed by atoms with Crippen molar-refractivity contribution < 1.29 is 0 Å². The van der Waals surface area contributed by atoms with Crippen molar-refractivity contribution in [3.63, 3.8) is 0 Å². The van der Waals surface area contributed by atoms with E-state index in [4.69, 9.17) is 0 Å². The molecular formula is C50H50Si4. The molecule has 0 amide bonds. The molecule has 0 aliphatic heterocycles. The summed E-state index contributed by atoms with van der Waals surface area (Å²) in [6.07, 6.45) is 0. The zero-order chi connectivity index (χ0) is 39.6. The normalized spacial score (nSPS) is 10.7. The quantitative estimate of drug-likeness (QED) is 0.124. The predicted molar refractivity (Wildman–Crippen MR) is 245 cm³/mol. The standard InChI is InChI=1S/C50H50Si4/c1-51(2,3)31-27-47-35-45(36-48(39-47)28-32-52(4,5)6)25-23-43-19-15-41(16-20-43)13-14-42-17-21-44(22-18-42)24-26-46-37-49(29-33-53(7,8)9)40-50(38-46)30-34-54(10,11)12/h15-22,35-40H,1-12H3. The van der Waals surface area contributed by atoms with Crippen molar-refractivity contribution in [1.29, 1.82) is 0 Å². The summed E-state index contributed by atoms with van der Waals surface area (Å²) in [5.74, 6) is 33.5. The molecule has 0 aromatic heterocycles. The van der Waals surface area contributed by atoms with E-state index in [9.17, 15) is 0 Å². The Morgan fingerprint density at radius 2 is 0.370 bits per heavy atom. The fourth-order valence-corrected chi connectivity index (χ4v) is 6.51. The molecule has 0 saturated heterocycles. The van der Waals surface area contributed by atoms with E-state index in [-0.39, 0.29) is 0 Å². The van der Waals surface area contributed by atoms with E-state index in [1.54, 1.807) is 0 Å². The van der Waals surface area contributed by atoms with Gasteiger partial charge in [-0.05, 0) is 84.9 Å². The van der Waals surface area contributed by atoms with E-state index >= 15 is 0 Å². The van der Waals surface area contributed by atoms with Crippen LogP contribution in [0.4, 0.5) is 0 Å². The van der Waals surface area contributed by atoms with Gasteiger partial charge in [-0.25, -0.2) is 0 Å². The molecule has 0 aliphatic rings. The fraction of sp³-hybridized carbons (Fsp3) is 0.240. The lowest BCUT2D eigenvalue weighted by Crippen LogP contribution is -2.16. The lowest BCUT2D eigenvalue weighted by Gasteiger charge is -2.05. The van der Waals surface area contributed by atoms with Crippen LogP contribution in [-0.4, -0.2) is 32.3 Å². The predicted octanol–water partition coefficient (Wildman–Crippen LogP) is 10.8. The van der Waals surface area contributed by atoms with E-state index in [0.29, 0.717) is 0 Å². The van der Waals surface area contributed by atoms with Gasteiger partial charge in [0.15, 0.2) is 0 Å². The highest BCUT2D eigenvalue weighted by Crippen LogP contribution is 2.13. The Bertz CT molecular complexity index is 2200. The third kappa shape index (κ3) is 16.1. The largest absolute Gasteiger partial charge is 0.129 e. The van der Waals surface area contributed by atoms with Crippen molar-refractivity contribution in [3.8, 4) is 81.4 Å². The molecule has 4 aromatic rings. The summed E-state index contributed by atoms with van der Waals surface area (Å²) >= 11 is 0. The molecule has 54 heavy (non-hydrogen) atoms. The Hall–Kier alpha value is -5.33. The zero-order valence-corrected chi connectivity index (χ0v) is 38.1. The first kappa shape index (κ1) is 41.4. The van der Waals surface area contributed by atoms with Crippen LogP contribution in [0.3, 0.4) is 0 Å². The Labute approximate surface area is 331 Å². The van der Waals surface area contributed by atoms with E-state index in [0.717, 1.165) is 55.6 Å². The van der Waals surface area contributed by atoms with Crippen molar-refractivity contribution in [2.75, 3.05) is 0 Å². The molecule has 0 aliphatic carbocycles. The van der Waals surface area contributed by atoms with Gasteiger partial charge in [0, 0.05) is 55.6 Å². The molecule has 266 valence electrons. The van der Waals surface area contributed by atoms with Gasteiger partial charge in [-0.1, -0.05) is 138 Å². The van der Waals surface area contributed by atoms with E-state index in [1.165, 1.54) is 0 Å². The topological polar surface area (TPSA) is 0 Å². The second kappa shape index (κ2) is 17.7. The minimum absolute atomic E-state index is 0.922. The fourth-order valence-electron chi connectivity index (χ4n) is 4.43. The summed E-state index contributed by atoms with van der Waals surface area (Å²) in [6, 6.07) is 28.6. The first-order valence-electron chi connectivity index (χ1n) is 18.4. The second-order valence-corrected chi connectivity index (χ2v) is 36.5. The summed E-state index contributed by atoms with van der Waals surface area (Å²) in [7, 11) is -6.04. The van der Waals surface area contributed by atoms with Gasteiger partial charge in [-0.2, -0.15) is 0 Å². The third-order valence-electron chi connectivity index (χ3n) is 7.02. The van der Waals surface area contributed by atoms with Gasteiger partial charge in [-0.3, -0.25) is 0 Å². The van der Waals surface area contributed by atoms with Crippen LogP contribution in [0.15, 0.2) is 84.9 Å². The van der Waals surface area contributed by atoms with Crippen LogP contribution >= 0.6 is 0 Å². The SMILES string of the molecule is C[Si](C)(C)C#Cc1cc(C#Cc2ccc(C#Cc3ccc(C#Cc4cc(C#C[Si](C)(C)C)cc(C#C[Si](C)(C)C)c4)cc3)cc2)cc(C#C[Si](C)(C)C)c1. The highest BCUT2D eigenvalue weighted by atomic mass is 28.3. The van der Waals surface area contributed by atoms with Crippen LogP contribution in [0, 0.1) is 81.4 Å². The van der Waals surface area contributed by atoms with Gasteiger partial charge in [-0.15, -0.1) is 22.2 Å². The molecule has 4 rings (SSSR count). The highest BCUT2D eigenvalue weighted by molar-refractivity contribution is 6.85. The third-order valence-corrected chi connectivity index (χ3v) is 10.5. The Kier molecular flexibility index (Phi) is 13.5. The van der Waals surface area contributed by atoms with Gasteiger partial charge in [0.2, 0.25) is 0 Å². The molecule has 0 bridgehead atoms.